The third-order valence-corrected chi connectivity index (χ3v) is 2.35. The van der Waals surface area contributed by atoms with Crippen molar-refractivity contribution in [2.75, 3.05) is 0 Å². The molecule has 0 N–H and O–H groups in total. The molecule has 1 aliphatic heterocycles. The lowest BCUT2D eigenvalue weighted by Crippen LogP contribution is -2.22. The van der Waals surface area contributed by atoms with Crippen molar-refractivity contribution in [3.8, 4) is 0 Å². The maximum absolute atomic E-state index is 11.2. The second-order valence-electron chi connectivity index (χ2n) is 3.18. The number of carbonyl (C=O) groups is 2. The zero-order chi connectivity index (χ0) is 9.59. The number of esters is 2. The Labute approximate surface area is 75.4 Å². The number of hydrogen-bond donors (Lipinski definition) is 0. The standard InChI is InChI=1S/C10H8O3/c1-5-3-4-6(2)8-7(5)9(11)13-10(8)12/h3-4,7-8H,1-2H2. The molecule has 1 fully saturated rings. The Bertz CT molecular complexity index is 328. The molecule has 0 saturated carbocycles. The predicted octanol–water partition coefficient (Wildman–Crippen LogP) is 0.984. The van der Waals surface area contributed by atoms with Gasteiger partial charge >= 0.3 is 11.9 Å². The van der Waals surface area contributed by atoms with Gasteiger partial charge < -0.3 is 4.74 Å². The Morgan fingerprint density at radius 2 is 1.38 bits per heavy atom. The van der Waals surface area contributed by atoms with Crippen molar-refractivity contribution in [3.63, 3.8) is 0 Å². The summed E-state index contributed by atoms with van der Waals surface area (Å²) in [5.74, 6) is -2.09. The van der Waals surface area contributed by atoms with Crippen molar-refractivity contribution in [2.24, 2.45) is 11.8 Å². The monoisotopic (exact) mass is 176 g/mol. The summed E-state index contributed by atoms with van der Waals surface area (Å²) in [5.41, 5.74) is 1.24. The largest absolute Gasteiger partial charge is 0.392 e. The molecule has 1 saturated heterocycles. The van der Waals surface area contributed by atoms with E-state index in [2.05, 4.69) is 17.9 Å². The highest BCUT2D eigenvalue weighted by molar-refractivity contribution is 6.01. The zero-order valence-corrected chi connectivity index (χ0v) is 6.95. The molecular weight excluding hydrogens is 168 g/mol. The van der Waals surface area contributed by atoms with Gasteiger partial charge in [-0.3, -0.25) is 9.59 Å². The van der Waals surface area contributed by atoms with Crippen molar-refractivity contribution in [1.29, 1.82) is 0 Å². The first-order chi connectivity index (χ1) is 6.11. The van der Waals surface area contributed by atoms with E-state index in [1.54, 1.807) is 12.2 Å². The topological polar surface area (TPSA) is 43.4 Å². The molecule has 3 heteroatoms. The molecule has 1 heterocycles. The SMILES string of the molecule is C=C1C=CC(=C)C2C(=O)OC(=O)C12. The van der Waals surface area contributed by atoms with Crippen molar-refractivity contribution in [1.82, 2.24) is 0 Å². The Hall–Kier alpha value is -1.64. The molecule has 0 aromatic carbocycles. The van der Waals surface area contributed by atoms with Crippen molar-refractivity contribution in [3.05, 3.63) is 36.5 Å². The van der Waals surface area contributed by atoms with Crippen LogP contribution in [0, 0.1) is 11.8 Å². The van der Waals surface area contributed by atoms with E-state index in [1.165, 1.54) is 0 Å². The van der Waals surface area contributed by atoms with Gasteiger partial charge in [0.2, 0.25) is 0 Å². The van der Waals surface area contributed by atoms with Gasteiger partial charge in [0.05, 0.1) is 11.8 Å². The highest BCUT2D eigenvalue weighted by atomic mass is 16.6. The summed E-state index contributed by atoms with van der Waals surface area (Å²) in [5, 5.41) is 0. The molecule has 0 spiro atoms. The average Bonchev–Trinajstić information content (AvgIpc) is 2.36. The molecule has 2 unspecified atom stereocenters. The molecule has 0 aromatic heterocycles. The van der Waals surface area contributed by atoms with Crippen LogP contribution >= 0.6 is 0 Å². The highest BCUT2D eigenvalue weighted by Crippen LogP contribution is 2.38. The van der Waals surface area contributed by atoms with E-state index in [0.717, 1.165) is 0 Å². The van der Waals surface area contributed by atoms with Gasteiger partial charge in [0.25, 0.3) is 0 Å². The maximum atomic E-state index is 11.2. The number of fused-ring (bicyclic) bond motifs is 1. The molecule has 2 aliphatic rings. The summed E-state index contributed by atoms with van der Waals surface area (Å²) in [6.45, 7) is 7.39. The van der Waals surface area contributed by atoms with Gasteiger partial charge in [0.1, 0.15) is 0 Å². The molecule has 0 radical (unpaired) electrons. The van der Waals surface area contributed by atoms with E-state index in [1.807, 2.05) is 0 Å². The lowest BCUT2D eigenvalue weighted by atomic mass is 9.79. The number of hydrogen-bond acceptors (Lipinski definition) is 3. The fraction of sp³-hybridized carbons (Fsp3) is 0.200. The number of allylic oxidation sites excluding steroid dienone is 2. The van der Waals surface area contributed by atoms with E-state index in [0.29, 0.717) is 11.1 Å². The Morgan fingerprint density at radius 3 is 1.77 bits per heavy atom. The maximum Gasteiger partial charge on any atom is 0.322 e. The van der Waals surface area contributed by atoms with Crippen molar-refractivity contribution in [2.45, 2.75) is 0 Å². The number of carbonyl (C=O) groups excluding carboxylic acids is 2. The first-order valence-electron chi connectivity index (χ1n) is 3.92. The summed E-state index contributed by atoms with van der Waals surface area (Å²) in [6, 6.07) is 0. The molecule has 3 nitrogen and oxygen atoms in total. The molecule has 66 valence electrons. The Kier molecular flexibility index (Phi) is 1.49. The molecule has 2 rings (SSSR count). The number of ether oxygens (including phenoxy) is 1. The summed E-state index contributed by atoms with van der Waals surface area (Å²) >= 11 is 0. The van der Waals surface area contributed by atoms with Gasteiger partial charge in [0, 0.05) is 0 Å². The van der Waals surface area contributed by atoms with Crippen LogP contribution in [0.3, 0.4) is 0 Å². The fourth-order valence-corrected chi connectivity index (χ4v) is 1.65. The van der Waals surface area contributed by atoms with Gasteiger partial charge in [-0.2, -0.15) is 0 Å². The van der Waals surface area contributed by atoms with Crippen LogP contribution < -0.4 is 0 Å². The van der Waals surface area contributed by atoms with Gasteiger partial charge in [-0.25, -0.2) is 0 Å². The fourth-order valence-electron chi connectivity index (χ4n) is 1.65. The molecule has 0 bridgehead atoms. The van der Waals surface area contributed by atoms with E-state index in [4.69, 9.17) is 0 Å². The summed E-state index contributed by atoms with van der Waals surface area (Å²) in [7, 11) is 0. The second-order valence-corrected chi connectivity index (χ2v) is 3.18. The molecule has 0 amide bonds. The predicted molar refractivity (Wildman–Crippen MR) is 45.5 cm³/mol. The molecule has 2 atom stereocenters. The summed E-state index contributed by atoms with van der Waals surface area (Å²) < 4.78 is 4.51. The highest BCUT2D eigenvalue weighted by Gasteiger charge is 2.47. The molecule has 1 aliphatic carbocycles. The minimum atomic E-state index is -0.537. The van der Waals surface area contributed by atoms with Crippen LogP contribution in [0.25, 0.3) is 0 Å². The lowest BCUT2D eigenvalue weighted by Gasteiger charge is -2.18. The minimum Gasteiger partial charge on any atom is -0.392 e. The van der Waals surface area contributed by atoms with Crippen LogP contribution in [0.1, 0.15) is 0 Å². The summed E-state index contributed by atoms with van der Waals surface area (Å²) in [6.07, 6.45) is 3.40. The Balaban J connectivity index is 2.49. The normalized spacial score (nSPS) is 32.0. The third kappa shape index (κ3) is 0.967. The Morgan fingerprint density at radius 1 is 1.00 bits per heavy atom. The smallest absolute Gasteiger partial charge is 0.322 e. The average molecular weight is 176 g/mol. The van der Waals surface area contributed by atoms with E-state index < -0.39 is 23.8 Å². The first-order valence-corrected chi connectivity index (χ1v) is 3.92. The number of rotatable bonds is 0. The lowest BCUT2D eigenvalue weighted by molar-refractivity contribution is -0.153. The van der Waals surface area contributed by atoms with Crippen LogP contribution in [-0.4, -0.2) is 11.9 Å². The van der Waals surface area contributed by atoms with Gasteiger partial charge in [0.15, 0.2) is 0 Å². The van der Waals surface area contributed by atoms with Gasteiger partial charge in [-0.15, -0.1) is 0 Å². The quantitative estimate of drug-likeness (QED) is 0.408. The van der Waals surface area contributed by atoms with Crippen LogP contribution in [0.15, 0.2) is 36.5 Å². The van der Waals surface area contributed by atoms with Gasteiger partial charge in [-0.1, -0.05) is 25.3 Å². The third-order valence-electron chi connectivity index (χ3n) is 2.35. The number of cyclic esters (lactones) is 2. The second kappa shape index (κ2) is 2.42. The van der Waals surface area contributed by atoms with Crippen LogP contribution in [0.5, 0.6) is 0 Å². The van der Waals surface area contributed by atoms with Crippen molar-refractivity contribution < 1.29 is 14.3 Å². The van der Waals surface area contributed by atoms with Crippen LogP contribution in [-0.2, 0) is 14.3 Å². The van der Waals surface area contributed by atoms with Crippen molar-refractivity contribution >= 4 is 11.9 Å². The zero-order valence-electron chi connectivity index (χ0n) is 6.95. The minimum absolute atomic E-state index is 0.509. The van der Waals surface area contributed by atoms with E-state index in [-0.39, 0.29) is 0 Å². The molecule has 13 heavy (non-hydrogen) atoms. The molecular formula is C10H8O3. The van der Waals surface area contributed by atoms with Crippen LogP contribution in [0.2, 0.25) is 0 Å². The van der Waals surface area contributed by atoms with Gasteiger partial charge in [-0.05, 0) is 11.1 Å². The first kappa shape index (κ1) is 7.98. The van der Waals surface area contributed by atoms with E-state index >= 15 is 0 Å². The summed E-state index contributed by atoms with van der Waals surface area (Å²) in [4.78, 5) is 22.4. The van der Waals surface area contributed by atoms with E-state index in [9.17, 15) is 9.59 Å². The molecule has 0 aromatic rings. The van der Waals surface area contributed by atoms with Crippen LogP contribution in [0.4, 0.5) is 0 Å².